The Balaban J connectivity index is 2.52. The fourth-order valence-corrected chi connectivity index (χ4v) is 1.69. The van der Waals surface area contributed by atoms with Gasteiger partial charge in [-0.15, -0.1) is 0 Å². The van der Waals surface area contributed by atoms with Crippen molar-refractivity contribution >= 4 is 23.2 Å². The molecular formula is C11H10ClN5O3. The lowest BCUT2D eigenvalue weighted by Gasteiger charge is -2.09. The molecule has 0 fully saturated rings. The molecule has 0 bridgehead atoms. The van der Waals surface area contributed by atoms with Gasteiger partial charge >= 0.3 is 11.6 Å². The maximum absolute atomic E-state index is 11.1. The molecule has 0 aliphatic heterocycles. The number of ether oxygens (including phenoxy) is 1. The summed E-state index contributed by atoms with van der Waals surface area (Å²) >= 11 is 5.94. The maximum Gasteiger partial charge on any atom is 0.352 e. The lowest BCUT2D eigenvalue weighted by Crippen LogP contribution is -2.12. The van der Waals surface area contributed by atoms with Crippen molar-refractivity contribution in [2.75, 3.05) is 5.43 Å². The van der Waals surface area contributed by atoms with Crippen molar-refractivity contribution in [3.05, 3.63) is 45.1 Å². The van der Waals surface area contributed by atoms with E-state index in [1.807, 2.05) is 0 Å². The van der Waals surface area contributed by atoms with Crippen LogP contribution in [0.2, 0.25) is 5.02 Å². The Morgan fingerprint density at radius 3 is 2.70 bits per heavy atom. The molecule has 8 nitrogen and oxygen atoms in total. The van der Waals surface area contributed by atoms with Crippen LogP contribution in [0.4, 0.5) is 11.6 Å². The highest BCUT2D eigenvalue weighted by Crippen LogP contribution is 2.35. The van der Waals surface area contributed by atoms with Gasteiger partial charge in [0.1, 0.15) is 11.4 Å². The zero-order chi connectivity index (χ0) is 14.7. The van der Waals surface area contributed by atoms with Crippen LogP contribution >= 0.6 is 11.6 Å². The zero-order valence-electron chi connectivity index (χ0n) is 10.3. The third-order valence-electron chi connectivity index (χ3n) is 2.38. The molecule has 20 heavy (non-hydrogen) atoms. The van der Waals surface area contributed by atoms with Gasteiger partial charge in [0, 0.05) is 0 Å². The number of nitro groups is 1. The molecule has 3 N–H and O–H groups in total. The first-order valence-corrected chi connectivity index (χ1v) is 5.82. The zero-order valence-corrected chi connectivity index (χ0v) is 11.1. The highest BCUT2D eigenvalue weighted by atomic mass is 35.5. The van der Waals surface area contributed by atoms with Crippen LogP contribution in [0.25, 0.3) is 0 Å². The molecule has 0 saturated heterocycles. The molecule has 9 heteroatoms. The second-order valence-corrected chi connectivity index (χ2v) is 4.13. The van der Waals surface area contributed by atoms with E-state index in [9.17, 15) is 10.1 Å². The van der Waals surface area contributed by atoms with Gasteiger partial charge in [-0.05, 0) is 19.1 Å². The van der Waals surface area contributed by atoms with Gasteiger partial charge in [0.15, 0.2) is 0 Å². The average Bonchev–Trinajstić information content (AvgIpc) is 2.40. The van der Waals surface area contributed by atoms with E-state index >= 15 is 0 Å². The Morgan fingerprint density at radius 2 is 2.10 bits per heavy atom. The number of hydrogen-bond acceptors (Lipinski definition) is 7. The molecule has 1 aromatic heterocycles. The molecule has 0 unspecified atom stereocenters. The number of para-hydroxylation sites is 1. The summed E-state index contributed by atoms with van der Waals surface area (Å²) in [5.74, 6) is 5.24. The number of nitrogens with zero attached hydrogens (tertiary/aromatic N) is 3. The predicted octanol–water partition coefficient (Wildman–Crippen LogP) is 2.42. The molecule has 2 rings (SSSR count). The van der Waals surface area contributed by atoms with Crippen molar-refractivity contribution in [3.63, 3.8) is 0 Å². The third kappa shape index (κ3) is 2.76. The van der Waals surface area contributed by atoms with Crippen LogP contribution in [0.1, 0.15) is 5.69 Å². The van der Waals surface area contributed by atoms with Crippen LogP contribution < -0.4 is 16.0 Å². The van der Waals surface area contributed by atoms with Gasteiger partial charge in [-0.3, -0.25) is 15.5 Å². The van der Waals surface area contributed by atoms with Crippen LogP contribution in [-0.2, 0) is 0 Å². The molecule has 104 valence electrons. The molecular weight excluding hydrogens is 286 g/mol. The Hall–Kier alpha value is -2.45. The molecule has 0 amide bonds. The molecule has 0 saturated carbocycles. The fourth-order valence-electron chi connectivity index (χ4n) is 1.52. The number of benzene rings is 1. The highest BCUT2D eigenvalue weighted by Gasteiger charge is 2.24. The first-order valence-electron chi connectivity index (χ1n) is 5.45. The van der Waals surface area contributed by atoms with Gasteiger partial charge in [-0.1, -0.05) is 23.7 Å². The number of aryl methyl sites for hydroxylation is 1. The summed E-state index contributed by atoms with van der Waals surface area (Å²) in [5.41, 5.74) is 2.00. The molecule has 0 atom stereocenters. The number of aromatic nitrogens is 2. The monoisotopic (exact) mass is 295 g/mol. The van der Waals surface area contributed by atoms with Crippen LogP contribution in [-0.4, -0.2) is 14.9 Å². The fraction of sp³-hybridized carbons (Fsp3) is 0.0909. The van der Waals surface area contributed by atoms with Crippen molar-refractivity contribution in [1.29, 1.82) is 0 Å². The van der Waals surface area contributed by atoms with Crippen molar-refractivity contribution < 1.29 is 9.66 Å². The van der Waals surface area contributed by atoms with Crippen molar-refractivity contribution in [3.8, 4) is 11.6 Å². The SMILES string of the molecule is Cc1nc(NN)nc(Oc2ccccc2Cl)c1[N+](=O)[O-]. The summed E-state index contributed by atoms with van der Waals surface area (Å²) in [5, 5.41) is 11.4. The molecule has 0 spiro atoms. The van der Waals surface area contributed by atoms with Crippen molar-refractivity contribution in [1.82, 2.24) is 9.97 Å². The number of rotatable bonds is 4. The van der Waals surface area contributed by atoms with Crippen molar-refractivity contribution in [2.45, 2.75) is 6.92 Å². The number of nitrogen functional groups attached to an aromatic ring is 1. The van der Waals surface area contributed by atoms with Crippen LogP contribution in [0, 0.1) is 17.0 Å². The molecule has 2 aromatic rings. The second kappa shape index (κ2) is 5.68. The summed E-state index contributed by atoms with van der Waals surface area (Å²) in [6, 6.07) is 6.56. The number of hydrogen-bond donors (Lipinski definition) is 2. The first-order chi connectivity index (χ1) is 9.52. The topological polar surface area (TPSA) is 116 Å². The van der Waals surface area contributed by atoms with E-state index in [4.69, 9.17) is 22.2 Å². The second-order valence-electron chi connectivity index (χ2n) is 3.72. The van der Waals surface area contributed by atoms with E-state index in [-0.39, 0.29) is 29.0 Å². The van der Waals surface area contributed by atoms with E-state index in [0.717, 1.165) is 0 Å². The van der Waals surface area contributed by atoms with E-state index < -0.39 is 4.92 Å². The standard InChI is InChI=1S/C11H10ClN5O3/c1-6-9(17(18)19)10(15-11(14-6)16-13)20-8-5-3-2-4-7(8)12/h2-5H,13H2,1H3,(H,14,15,16). The lowest BCUT2D eigenvalue weighted by atomic mass is 10.3. The van der Waals surface area contributed by atoms with E-state index in [1.54, 1.807) is 24.3 Å². The van der Waals surface area contributed by atoms with Gasteiger partial charge < -0.3 is 4.74 Å². The van der Waals surface area contributed by atoms with Gasteiger partial charge in [-0.2, -0.15) is 4.98 Å². The van der Waals surface area contributed by atoms with E-state index in [2.05, 4.69) is 15.4 Å². The summed E-state index contributed by atoms with van der Waals surface area (Å²) in [7, 11) is 0. The largest absolute Gasteiger partial charge is 0.432 e. The van der Waals surface area contributed by atoms with E-state index in [0.29, 0.717) is 5.02 Å². The summed E-state index contributed by atoms with van der Waals surface area (Å²) in [4.78, 5) is 18.1. The predicted molar refractivity (Wildman–Crippen MR) is 72.8 cm³/mol. The number of nitrogens with one attached hydrogen (secondary N) is 1. The molecule has 0 aliphatic carbocycles. The van der Waals surface area contributed by atoms with Gasteiger partial charge in [0.25, 0.3) is 0 Å². The maximum atomic E-state index is 11.1. The Labute approximate surface area is 118 Å². The first kappa shape index (κ1) is 14.0. The summed E-state index contributed by atoms with van der Waals surface area (Å²) in [6.07, 6.45) is 0. The number of nitrogens with two attached hydrogens (primary N) is 1. The molecule has 1 aromatic carbocycles. The Morgan fingerprint density at radius 1 is 1.40 bits per heavy atom. The van der Waals surface area contributed by atoms with Crippen LogP contribution in [0.15, 0.2) is 24.3 Å². The van der Waals surface area contributed by atoms with Crippen LogP contribution in [0.3, 0.4) is 0 Å². The minimum Gasteiger partial charge on any atom is -0.432 e. The quantitative estimate of drug-likeness (QED) is 0.505. The van der Waals surface area contributed by atoms with E-state index in [1.165, 1.54) is 6.92 Å². The highest BCUT2D eigenvalue weighted by molar-refractivity contribution is 6.32. The molecule has 0 radical (unpaired) electrons. The minimum absolute atomic E-state index is 0.00940. The smallest absolute Gasteiger partial charge is 0.352 e. The summed E-state index contributed by atoms with van der Waals surface area (Å²) < 4.78 is 5.40. The van der Waals surface area contributed by atoms with Gasteiger partial charge in [0.2, 0.25) is 5.95 Å². The van der Waals surface area contributed by atoms with Crippen LogP contribution in [0.5, 0.6) is 11.6 Å². The Bertz CT molecular complexity index is 665. The normalized spacial score (nSPS) is 10.2. The summed E-state index contributed by atoms with van der Waals surface area (Å²) in [6.45, 7) is 1.46. The number of halogens is 1. The third-order valence-corrected chi connectivity index (χ3v) is 2.69. The lowest BCUT2D eigenvalue weighted by molar-refractivity contribution is -0.386. The van der Waals surface area contributed by atoms with Crippen molar-refractivity contribution in [2.24, 2.45) is 5.84 Å². The molecule has 1 heterocycles. The van der Waals surface area contributed by atoms with Gasteiger partial charge in [-0.25, -0.2) is 10.8 Å². The number of anilines is 1. The van der Waals surface area contributed by atoms with Gasteiger partial charge in [0.05, 0.1) is 9.95 Å². The Kier molecular flexibility index (Phi) is 3.97. The molecule has 0 aliphatic rings. The number of hydrazine groups is 1. The average molecular weight is 296 g/mol. The minimum atomic E-state index is -0.623.